The number of carbonyl (C=O) groups excluding carboxylic acids is 3. The van der Waals surface area contributed by atoms with Crippen molar-refractivity contribution in [3.8, 4) is 0 Å². The molecule has 0 radical (unpaired) electrons. The smallest absolute Gasteiger partial charge is 0.246 e. The van der Waals surface area contributed by atoms with E-state index in [1.165, 1.54) is 10.5 Å². The monoisotopic (exact) mass is 516 g/mol. The average molecular weight is 517 g/mol. The van der Waals surface area contributed by atoms with Crippen LogP contribution >= 0.6 is 23.5 Å². The summed E-state index contributed by atoms with van der Waals surface area (Å²) in [5.74, 6) is 1.47. The molecule has 1 aromatic carbocycles. The van der Waals surface area contributed by atoms with Crippen molar-refractivity contribution in [1.82, 2.24) is 20.9 Å². The highest BCUT2D eigenvalue weighted by molar-refractivity contribution is 8.00. The number of hydrogen-bond acceptors (Lipinski definition) is 6. The Morgan fingerprint density at radius 3 is 2.60 bits per heavy atom. The van der Waals surface area contributed by atoms with Gasteiger partial charge in [-0.05, 0) is 63.5 Å². The van der Waals surface area contributed by atoms with Crippen molar-refractivity contribution in [3.63, 3.8) is 0 Å². The molecule has 7 nitrogen and oxygen atoms in total. The highest BCUT2D eigenvalue weighted by atomic mass is 32.2. The van der Waals surface area contributed by atoms with Crippen LogP contribution in [-0.2, 0) is 14.4 Å². The van der Waals surface area contributed by atoms with Gasteiger partial charge in [-0.2, -0.15) is 0 Å². The van der Waals surface area contributed by atoms with Gasteiger partial charge >= 0.3 is 0 Å². The molecule has 4 aliphatic rings. The van der Waals surface area contributed by atoms with Gasteiger partial charge in [0.1, 0.15) is 12.1 Å². The Bertz CT molecular complexity index is 983. The maximum Gasteiger partial charge on any atom is 0.246 e. The van der Waals surface area contributed by atoms with E-state index in [-0.39, 0.29) is 40.6 Å². The molecule has 0 unspecified atom stereocenters. The third-order valence-corrected chi connectivity index (χ3v) is 10.7. The van der Waals surface area contributed by atoms with Crippen molar-refractivity contribution < 1.29 is 14.4 Å². The minimum absolute atomic E-state index is 0.00540. The van der Waals surface area contributed by atoms with E-state index < -0.39 is 12.1 Å². The van der Waals surface area contributed by atoms with E-state index in [1.54, 1.807) is 25.7 Å². The topological polar surface area (TPSA) is 90.5 Å². The van der Waals surface area contributed by atoms with E-state index in [1.807, 2.05) is 28.8 Å². The van der Waals surface area contributed by atoms with E-state index >= 15 is 0 Å². The van der Waals surface area contributed by atoms with Crippen LogP contribution in [0.15, 0.2) is 29.2 Å². The number of rotatable bonds is 5. The molecule has 1 saturated carbocycles. The van der Waals surface area contributed by atoms with Crippen molar-refractivity contribution in [3.05, 3.63) is 29.8 Å². The van der Waals surface area contributed by atoms with E-state index in [0.29, 0.717) is 6.42 Å². The van der Waals surface area contributed by atoms with Gasteiger partial charge in [-0.1, -0.05) is 31.0 Å². The van der Waals surface area contributed by atoms with Crippen LogP contribution < -0.4 is 16.0 Å². The Labute approximate surface area is 216 Å². The van der Waals surface area contributed by atoms with E-state index in [0.717, 1.165) is 50.0 Å². The molecule has 5 atom stereocenters. The lowest BCUT2D eigenvalue weighted by molar-refractivity contribution is -0.144. The maximum absolute atomic E-state index is 14.1. The lowest BCUT2D eigenvalue weighted by atomic mass is 9.78. The van der Waals surface area contributed by atoms with Gasteiger partial charge in [-0.15, -0.1) is 23.5 Å². The van der Waals surface area contributed by atoms with Crippen molar-refractivity contribution in [2.45, 2.75) is 86.3 Å². The number of carbonyl (C=O) groups is 3. The summed E-state index contributed by atoms with van der Waals surface area (Å²) in [4.78, 5) is 43.7. The number of thioether (sulfide) groups is 2. The molecule has 190 valence electrons. The molecule has 3 N–H and O–H groups in total. The summed E-state index contributed by atoms with van der Waals surface area (Å²) < 4.78 is 0. The van der Waals surface area contributed by atoms with Crippen molar-refractivity contribution >= 4 is 41.2 Å². The molecule has 9 heteroatoms. The third-order valence-electron chi connectivity index (χ3n) is 8.28. The normalized spacial score (nSPS) is 30.3. The molecule has 2 saturated heterocycles. The molecule has 0 aromatic heterocycles. The fourth-order valence-electron chi connectivity index (χ4n) is 6.32. The molecule has 3 aliphatic heterocycles. The minimum Gasteiger partial charge on any atom is -0.347 e. The van der Waals surface area contributed by atoms with Crippen LogP contribution in [0.5, 0.6) is 0 Å². The first kappa shape index (κ1) is 25.0. The summed E-state index contributed by atoms with van der Waals surface area (Å²) in [5, 5.41) is 9.27. The van der Waals surface area contributed by atoms with Gasteiger partial charge in [0.15, 0.2) is 0 Å². The molecule has 35 heavy (non-hydrogen) atoms. The Balaban J connectivity index is 1.42. The molecule has 0 bridgehead atoms. The molecular weight excluding hydrogens is 480 g/mol. The van der Waals surface area contributed by atoms with Crippen LogP contribution in [0.25, 0.3) is 0 Å². The van der Waals surface area contributed by atoms with Gasteiger partial charge in [0, 0.05) is 16.1 Å². The summed E-state index contributed by atoms with van der Waals surface area (Å²) in [6.07, 6.45) is 6.52. The second-order valence-corrected chi connectivity index (χ2v) is 12.8. The fourth-order valence-corrected chi connectivity index (χ4v) is 8.92. The van der Waals surface area contributed by atoms with Gasteiger partial charge in [0.2, 0.25) is 17.7 Å². The minimum atomic E-state index is -0.588. The molecular formula is C26H36N4O3S2. The molecule has 3 heterocycles. The number of fused-ring (bicyclic) bond motifs is 2. The van der Waals surface area contributed by atoms with Crippen molar-refractivity contribution in [1.29, 1.82) is 0 Å². The van der Waals surface area contributed by atoms with Gasteiger partial charge < -0.3 is 20.9 Å². The Kier molecular flexibility index (Phi) is 7.38. The molecule has 5 rings (SSSR count). The van der Waals surface area contributed by atoms with Crippen LogP contribution in [0.2, 0.25) is 0 Å². The van der Waals surface area contributed by atoms with E-state index in [9.17, 15) is 14.4 Å². The summed E-state index contributed by atoms with van der Waals surface area (Å²) in [7, 11) is 1.73. The standard InChI is InChI=1S/C26H36N4O3S2/c1-16(27-2)23(31)29-19-10-14-35-21-15-26(11-5-6-12-26)22(30(21)25(19)33)24(32)28-18-9-13-34-20-8-4-3-7-17(18)20/h3-4,7-8,16,18-19,21-22,27H,5-6,9-15H2,1-2H3,(H,28,32)(H,29,31)/t16-,18+,19-,21-,22+/m0/s1. The van der Waals surface area contributed by atoms with Crippen molar-refractivity contribution in [2.24, 2.45) is 5.41 Å². The molecule has 3 fully saturated rings. The van der Waals surface area contributed by atoms with E-state index in [2.05, 4.69) is 28.1 Å². The molecule has 1 aliphatic carbocycles. The zero-order chi connectivity index (χ0) is 24.6. The van der Waals surface area contributed by atoms with E-state index in [4.69, 9.17) is 0 Å². The summed E-state index contributed by atoms with van der Waals surface area (Å²) in [6, 6.07) is 6.83. The second-order valence-electron chi connectivity index (χ2n) is 10.3. The Morgan fingerprint density at radius 1 is 1.09 bits per heavy atom. The van der Waals surface area contributed by atoms with Crippen LogP contribution in [0.4, 0.5) is 0 Å². The van der Waals surface area contributed by atoms with Crippen LogP contribution in [0.1, 0.15) is 63.5 Å². The maximum atomic E-state index is 14.1. The Hall–Kier alpha value is -1.71. The highest BCUT2D eigenvalue weighted by Crippen LogP contribution is 2.55. The van der Waals surface area contributed by atoms with Gasteiger partial charge in [0.05, 0.1) is 17.5 Å². The number of nitrogens with zero attached hydrogens (tertiary/aromatic N) is 1. The largest absolute Gasteiger partial charge is 0.347 e. The van der Waals surface area contributed by atoms with Gasteiger partial charge in [0.25, 0.3) is 0 Å². The number of hydrogen-bond donors (Lipinski definition) is 3. The number of nitrogens with one attached hydrogen (secondary N) is 3. The number of likely N-dealkylation sites (N-methyl/N-ethyl adjacent to an activating group) is 1. The fraction of sp³-hybridized carbons (Fsp3) is 0.654. The summed E-state index contributed by atoms with van der Waals surface area (Å²) in [5.41, 5.74) is 1.01. The van der Waals surface area contributed by atoms with Crippen LogP contribution in [0, 0.1) is 5.41 Å². The molecule has 1 aromatic rings. The zero-order valence-corrected chi connectivity index (χ0v) is 22.2. The van der Waals surface area contributed by atoms with Crippen molar-refractivity contribution in [2.75, 3.05) is 18.6 Å². The van der Waals surface area contributed by atoms with Gasteiger partial charge in [-0.3, -0.25) is 14.4 Å². The summed E-state index contributed by atoms with van der Waals surface area (Å²) in [6.45, 7) is 1.79. The SMILES string of the molecule is CN[C@@H](C)C(=O)N[C@H]1CCS[C@H]2CC3(CCCC3)[C@@H](C(=O)N[C@@H]3CCSc4ccccc43)N2C1=O. The van der Waals surface area contributed by atoms with Crippen LogP contribution in [0.3, 0.4) is 0 Å². The lowest BCUT2D eigenvalue weighted by Gasteiger charge is -2.37. The van der Waals surface area contributed by atoms with Gasteiger partial charge in [-0.25, -0.2) is 0 Å². The molecule has 3 amide bonds. The number of amides is 3. The predicted molar refractivity (Wildman–Crippen MR) is 140 cm³/mol. The number of benzene rings is 1. The van der Waals surface area contributed by atoms with Crippen LogP contribution in [-0.4, -0.2) is 64.7 Å². The summed E-state index contributed by atoms with van der Waals surface area (Å²) >= 11 is 3.61. The first-order valence-corrected chi connectivity index (χ1v) is 14.9. The second kappa shape index (κ2) is 10.3. The first-order chi connectivity index (χ1) is 16.9. The average Bonchev–Trinajstić information content (AvgIpc) is 3.43. The Morgan fingerprint density at radius 2 is 1.83 bits per heavy atom. The third kappa shape index (κ3) is 4.71. The first-order valence-electron chi connectivity index (χ1n) is 12.9. The predicted octanol–water partition coefficient (Wildman–Crippen LogP) is 3.06. The zero-order valence-electron chi connectivity index (χ0n) is 20.5. The highest BCUT2D eigenvalue weighted by Gasteiger charge is 2.59. The lowest BCUT2D eigenvalue weighted by Crippen LogP contribution is -2.58. The molecule has 1 spiro atoms. The quantitative estimate of drug-likeness (QED) is 0.557.